The van der Waals surface area contributed by atoms with Crippen molar-refractivity contribution < 1.29 is 9.50 Å². The second-order valence-corrected chi connectivity index (χ2v) is 5.65. The van der Waals surface area contributed by atoms with Gasteiger partial charge in [0.05, 0.1) is 11.5 Å². The maximum Gasteiger partial charge on any atom is 0.138 e. The maximum atomic E-state index is 13.1. The Morgan fingerprint density at radius 1 is 1.29 bits per heavy atom. The lowest BCUT2D eigenvalue weighted by Crippen LogP contribution is -2.16. The van der Waals surface area contributed by atoms with Gasteiger partial charge in [-0.1, -0.05) is 12.1 Å². The topological polar surface area (TPSA) is 58.0 Å². The van der Waals surface area contributed by atoms with E-state index < -0.39 is 6.10 Å². The van der Waals surface area contributed by atoms with Crippen LogP contribution in [0.3, 0.4) is 0 Å². The molecule has 1 atom stereocenters. The molecule has 6 heteroatoms. The number of hydrogen-bond donors (Lipinski definition) is 2. The fraction of sp³-hybridized carbons (Fsp3) is 0.200. The number of nitrogens with one attached hydrogen (secondary N) is 1. The van der Waals surface area contributed by atoms with Crippen LogP contribution in [0.25, 0.3) is 21.3 Å². The van der Waals surface area contributed by atoms with E-state index in [9.17, 15) is 9.50 Å². The number of aromatic nitrogens is 2. The van der Waals surface area contributed by atoms with Gasteiger partial charge in [-0.15, -0.1) is 11.3 Å². The van der Waals surface area contributed by atoms with Gasteiger partial charge in [-0.25, -0.2) is 14.4 Å². The van der Waals surface area contributed by atoms with Crippen molar-refractivity contribution in [2.24, 2.45) is 0 Å². The Hall–Kier alpha value is -2.05. The molecule has 0 fully saturated rings. The molecule has 0 saturated carbocycles. The maximum absolute atomic E-state index is 13.1. The monoisotopic (exact) mass is 303 g/mol. The summed E-state index contributed by atoms with van der Waals surface area (Å²) in [5, 5.41) is 15.4. The Kier molecular flexibility index (Phi) is 3.81. The summed E-state index contributed by atoms with van der Waals surface area (Å²) in [6.45, 7) is 2.12. The van der Waals surface area contributed by atoms with Gasteiger partial charge < -0.3 is 10.4 Å². The van der Waals surface area contributed by atoms with E-state index in [1.165, 1.54) is 29.8 Å². The summed E-state index contributed by atoms with van der Waals surface area (Å²) in [4.78, 5) is 9.38. The molecule has 0 unspecified atom stereocenters. The van der Waals surface area contributed by atoms with Crippen LogP contribution in [0.1, 0.15) is 6.92 Å². The normalized spacial score (nSPS) is 12.5. The second-order valence-electron chi connectivity index (χ2n) is 4.79. The Labute approximate surface area is 125 Å². The zero-order valence-corrected chi connectivity index (χ0v) is 12.2. The summed E-state index contributed by atoms with van der Waals surface area (Å²) in [6, 6.07) is 6.35. The van der Waals surface area contributed by atoms with Gasteiger partial charge in [0, 0.05) is 17.5 Å². The van der Waals surface area contributed by atoms with Gasteiger partial charge in [0.15, 0.2) is 0 Å². The zero-order valence-electron chi connectivity index (χ0n) is 11.4. The number of fused-ring (bicyclic) bond motifs is 1. The van der Waals surface area contributed by atoms with Gasteiger partial charge in [-0.3, -0.25) is 0 Å². The van der Waals surface area contributed by atoms with Crippen molar-refractivity contribution in [1.29, 1.82) is 0 Å². The van der Waals surface area contributed by atoms with Gasteiger partial charge >= 0.3 is 0 Å². The molecule has 0 bridgehead atoms. The molecule has 0 aliphatic rings. The van der Waals surface area contributed by atoms with Crippen LogP contribution < -0.4 is 5.32 Å². The second kappa shape index (κ2) is 5.75. The van der Waals surface area contributed by atoms with Crippen molar-refractivity contribution >= 4 is 27.4 Å². The van der Waals surface area contributed by atoms with Crippen LogP contribution in [0.5, 0.6) is 0 Å². The number of anilines is 1. The molecule has 3 rings (SSSR count). The minimum Gasteiger partial charge on any atom is -0.392 e. The number of rotatable bonds is 4. The van der Waals surface area contributed by atoms with Crippen LogP contribution in [0, 0.1) is 5.82 Å². The smallest absolute Gasteiger partial charge is 0.138 e. The highest BCUT2D eigenvalue weighted by Gasteiger charge is 2.13. The van der Waals surface area contributed by atoms with Crippen LogP contribution in [-0.4, -0.2) is 27.7 Å². The summed E-state index contributed by atoms with van der Waals surface area (Å²) >= 11 is 1.51. The highest BCUT2D eigenvalue weighted by atomic mass is 32.1. The Morgan fingerprint density at radius 3 is 2.76 bits per heavy atom. The van der Waals surface area contributed by atoms with Crippen molar-refractivity contribution in [2.45, 2.75) is 13.0 Å². The molecule has 2 heterocycles. The standard InChI is InChI=1S/C15H14FN3OS/c1-9(20)6-17-14-13-12(7-21-15(13)19-8-18-14)10-2-4-11(16)5-3-10/h2-5,7-9,20H,6H2,1H3,(H,17,18,19)/t9-/m0/s1. The minimum atomic E-state index is -0.470. The molecule has 21 heavy (non-hydrogen) atoms. The molecule has 1 aromatic carbocycles. The largest absolute Gasteiger partial charge is 0.392 e. The fourth-order valence-corrected chi connectivity index (χ4v) is 3.01. The number of thiophene rings is 1. The van der Waals surface area contributed by atoms with Crippen molar-refractivity contribution in [3.8, 4) is 11.1 Å². The van der Waals surface area contributed by atoms with Crippen molar-refractivity contribution in [3.05, 3.63) is 41.8 Å². The highest BCUT2D eigenvalue weighted by molar-refractivity contribution is 7.17. The lowest BCUT2D eigenvalue weighted by Gasteiger charge is -2.09. The molecular weight excluding hydrogens is 289 g/mol. The average molecular weight is 303 g/mol. The highest BCUT2D eigenvalue weighted by Crippen LogP contribution is 2.36. The van der Waals surface area contributed by atoms with Crippen molar-refractivity contribution in [3.63, 3.8) is 0 Å². The number of aliphatic hydroxyl groups excluding tert-OH is 1. The zero-order chi connectivity index (χ0) is 14.8. The summed E-state index contributed by atoms with van der Waals surface area (Å²) in [7, 11) is 0. The summed E-state index contributed by atoms with van der Waals surface area (Å²) in [6.07, 6.45) is 1.03. The molecule has 2 N–H and O–H groups in total. The third kappa shape index (κ3) is 2.86. The van der Waals surface area contributed by atoms with E-state index in [1.807, 2.05) is 5.38 Å². The number of aliphatic hydroxyl groups is 1. The lowest BCUT2D eigenvalue weighted by molar-refractivity contribution is 0.208. The molecule has 0 aliphatic carbocycles. The third-order valence-corrected chi connectivity index (χ3v) is 3.98. The van der Waals surface area contributed by atoms with Crippen LogP contribution >= 0.6 is 11.3 Å². The first-order valence-electron chi connectivity index (χ1n) is 6.55. The lowest BCUT2D eigenvalue weighted by atomic mass is 10.1. The summed E-state index contributed by atoms with van der Waals surface area (Å²) in [5.41, 5.74) is 1.88. The Balaban J connectivity index is 2.08. The number of benzene rings is 1. The predicted octanol–water partition coefficient (Wildman–Crippen LogP) is 3.29. The molecular formula is C15H14FN3OS. The first-order valence-corrected chi connectivity index (χ1v) is 7.43. The van der Waals surface area contributed by atoms with Crippen LogP contribution in [0.15, 0.2) is 36.0 Å². The fourth-order valence-electron chi connectivity index (χ4n) is 2.10. The Bertz CT molecular complexity index is 755. The molecule has 4 nitrogen and oxygen atoms in total. The molecule has 108 valence electrons. The molecule has 0 amide bonds. The van der Waals surface area contributed by atoms with Crippen molar-refractivity contribution in [1.82, 2.24) is 9.97 Å². The number of nitrogens with zero attached hydrogens (tertiary/aromatic N) is 2. The van der Waals surface area contributed by atoms with E-state index >= 15 is 0 Å². The molecule has 0 radical (unpaired) electrons. The molecule has 3 aromatic rings. The van der Waals surface area contributed by atoms with Crippen LogP contribution in [-0.2, 0) is 0 Å². The SMILES string of the molecule is C[C@H](O)CNc1ncnc2scc(-c3ccc(F)cc3)c12. The number of halogens is 1. The van der Waals surface area contributed by atoms with Gasteiger partial charge in [0.2, 0.25) is 0 Å². The third-order valence-electron chi connectivity index (χ3n) is 3.09. The Morgan fingerprint density at radius 2 is 2.05 bits per heavy atom. The molecule has 0 spiro atoms. The summed E-state index contributed by atoms with van der Waals surface area (Å²) in [5.74, 6) is 0.420. The van der Waals surface area contributed by atoms with Gasteiger partial charge in [0.25, 0.3) is 0 Å². The van der Waals surface area contributed by atoms with E-state index in [2.05, 4.69) is 15.3 Å². The molecule has 0 saturated heterocycles. The average Bonchev–Trinajstić information content (AvgIpc) is 2.90. The quantitative estimate of drug-likeness (QED) is 0.776. The van der Waals surface area contributed by atoms with E-state index in [4.69, 9.17) is 0 Å². The van der Waals surface area contributed by atoms with E-state index in [-0.39, 0.29) is 5.82 Å². The van der Waals surface area contributed by atoms with Crippen LogP contribution in [0.4, 0.5) is 10.2 Å². The van der Waals surface area contributed by atoms with E-state index in [1.54, 1.807) is 19.1 Å². The first kappa shape index (κ1) is 13.9. The predicted molar refractivity (Wildman–Crippen MR) is 83.0 cm³/mol. The number of hydrogen-bond acceptors (Lipinski definition) is 5. The summed E-state index contributed by atoms with van der Waals surface area (Å²) < 4.78 is 13.1. The van der Waals surface area contributed by atoms with E-state index in [0.29, 0.717) is 12.4 Å². The minimum absolute atomic E-state index is 0.262. The van der Waals surface area contributed by atoms with Crippen molar-refractivity contribution in [2.75, 3.05) is 11.9 Å². The molecule has 0 aliphatic heterocycles. The van der Waals surface area contributed by atoms with Gasteiger partial charge in [-0.05, 0) is 24.6 Å². The van der Waals surface area contributed by atoms with Gasteiger partial charge in [0.1, 0.15) is 22.8 Å². The first-order chi connectivity index (χ1) is 10.1. The van der Waals surface area contributed by atoms with E-state index in [0.717, 1.165) is 21.3 Å². The van der Waals surface area contributed by atoms with Crippen LogP contribution in [0.2, 0.25) is 0 Å². The van der Waals surface area contributed by atoms with Gasteiger partial charge in [-0.2, -0.15) is 0 Å². The molecule has 2 aromatic heterocycles.